The van der Waals surface area contributed by atoms with E-state index in [4.69, 9.17) is 14.0 Å². The van der Waals surface area contributed by atoms with Gasteiger partial charge in [0.1, 0.15) is 23.8 Å². The number of hydrogen-bond acceptors (Lipinski definition) is 5. The van der Waals surface area contributed by atoms with Crippen molar-refractivity contribution >= 4 is 11.7 Å². The van der Waals surface area contributed by atoms with Crippen molar-refractivity contribution in [1.29, 1.82) is 0 Å². The van der Waals surface area contributed by atoms with E-state index >= 15 is 0 Å². The maximum Gasteiger partial charge on any atom is 0.319 e. The minimum atomic E-state index is -0.313. The highest BCUT2D eigenvalue weighted by molar-refractivity contribution is 5.89. The van der Waals surface area contributed by atoms with Crippen LogP contribution in [0.5, 0.6) is 5.75 Å². The number of nitrogens with zero attached hydrogens (tertiary/aromatic N) is 1. The smallest absolute Gasteiger partial charge is 0.319 e. The molecule has 1 aliphatic rings. The zero-order valence-corrected chi connectivity index (χ0v) is 13.6. The highest BCUT2D eigenvalue weighted by Gasteiger charge is 2.16. The Hall–Kier alpha value is -2.54. The number of rotatable bonds is 6. The quantitative estimate of drug-likeness (QED) is 0.850. The van der Waals surface area contributed by atoms with E-state index in [2.05, 4.69) is 15.8 Å². The molecule has 7 heteroatoms. The van der Waals surface area contributed by atoms with Gasteiger partial charge in [-0.2, -0.15) is 0 Å². The average Bonchev–Trinajstić information content (AvgIpc) is 3.23. The molecule has 2 heterocycles. The molecule has 0 bridgehead atoms. The van der Waals surface area contributed by atoms with Crippen LogP contribution >= 0.6 is 0 Å². The Morgan fingerprint density at radius 1 is 1.42 bits per heavy atom. The van der Waals surface area contributed by atoms with Gasteiger partial charge in [-0.3, -0.25) is 0 Å². The van der Waals surface area contributed by atoms with Crippen molar-refractivity contribution in [3.8, 4) is 5.75 Å². The van der Waals surface area contributed by atoms with Gasteiger partial charge in [-0.25, -0.2) is 4.79 Å². The molecular weight excluding hydrogens is 310 g/mol. The Morgan fingerprint density at radius 2 is 2.33 bits per heavy atom. The third kappa shape index (κ3) is 4.73. The number of carbonyl (C=O) groups excluding carboxylic acids is 1. The largest absolute Gasteiger partial charge is 0.491 e. The lowest BCUT2D eigenvalue weighted by atomic mass is 10.2. The average molecular weight is 331 g/mol. The molecule has 2 aromatic rings. The van der Waals surface area contributed by atoms with E-state index in [1.807, 2.05) is 12.1 Å². The fourth-order valence-electron chi connectivity index (χ4n) is 2.48. The van der Waals surface area contributed by atoms with Gasteiger partial charge in [0.25, 0.3) is 0 Å². The second-order valence-corrected chi connectivity index (χ2v) is 5.71. The Balaban J connectivity index is 1.47. The number of amides is 2. The summed E-state index contributed by atoms with van der Waals surface area (Å²) in [7, 11) is 0. The highest BCUT2D eigenvalue weighted by Crippen LogP contribution is 2.19. The Morgan fingerprint density at radius 3 is 3.08 bits per heavy atom. The molecule has 0 aliphatic carbocycles. The monoisotopic (exact) mass is 331 g/mol. The minimum absolute atomic E-state index is 0.163. The van der Waals surface area contributed by atoms with Crippen molar-refractivity contribution in [1.82, 2.24) is 10.5 Å². The molecule has 2 amide bonds. The summed E-state index contributed by atoms with van der Waals surface area (Å²) in [6.07, 6.45) is 2.28. The van der Waals surface area contributed by atoms with Crippen LogP contribution in [0.3, 0.4) is 0 Å². The minimum Gasteiger partial charge on any atom is -0.491 e. The lowest BCUT2D eigenvalue weighted by molar-refractivity contribution is 0.0680. The molecule has 7 nitrogen and oxygen atoms in total. The van der Waals surface area contributed by atoms with Gasteiger partial charge in [0, 0.05) is 24.4 Å². The number of nitrogens with one attached hydrogen (secondary N) is 2. The summed E-state index contributed by atoms with van der Waals surface area (Å²) in [5.74, 6) is 1.42. The first kappa shape index (κ1) is 16.3. The van der Waals surface area contributed by atoms with Gasteiger partial charge in [-0.15, -0.1) is 0 Å². The SMILES string of the molecule is Cc1cc(CNC(=O)Nc2cccc(OCC3CCCO3)c2)no1. The Bertz CT molecular complexity index is 680. The maximum absolute atomic E-state index is 11.9. The maximum atomic E-state index is 11.9. The molecule has 128 valence electrons. The van der Waals surface area contributed by atoms with Crippen LogP contribution in [0.25, 0.3) is 0 Å². The fraction of sp³-hybridized carbons (Fsp3) is 0.412. The molecule has 2 N–H and O–H groups in total. The number of carbonyl (C=O) groups is 1. The molecule has 3 rings (SSSR count). The van der Waals surface area contributed by atoms with Crippen LogP contribution in [0.15, 0.2) is 34.9 Å². The van der Waals surface area contributed by atoms with Gasteiger partial charge in [0.05, 0.1) is 12.6 Å². The summed E-state index contributed by atoms with van der Waals surface area (Å²) in [6.45, 7) is 3.44. The van der Waals surface area contributed by atoms with E-state index in [-0.39, 0.29) is 12.1 Å². The van der Waals surface area contributed by atoms with E-state index in [0.717, 1.165) is 19.4 Å². The molecule has 1 unspecified atom stereocenters. The molecule has 1 fully saturated rings. The third-order valence-corrected chi connectivity index (χ3v) is 3.66. The van der Waals surface area contributed by atoms with Crippen LogP contribution in [0, 0.1) is 6.92 Å². The summed E-state index contributed by atoms with van der Waals surface area (Å²) in [5, 5.41) is 9.31. The highest BCUT2D eigenvalue weighted by atomic mass is 16.5. The topological polar surface area (TPSA) is 85.6 Å². The molecule has 1 saturated heterocycles. The number of anilines is 1. The zero-order valence-electron chi connectivity index (χ0n) is 13.6. The summed E-state index contributed by atoms with van der Waals surface area (Å²) in [6, 6.07) is 8.75. The Kier molecular flexibility index (Phi) is 5.32. The first-order valence-corrected chi connectivity index (χ1v) is 8.00. The van der Waals surface area contributed by atoms with Gasteiger partial charge in [-0.1, -0.05) is 11.2 Å². The molecule has 24 heavy (non-hydrogen) atoms. The van der Waals surface area contributed by atoms with Crippen molar-refractivity contribution in [2.75, 3.05) is 18.5 Å². The van der Waals surface area contributed by atoms with E-state index in [9.17, 15) is 4.79 Å². The van der Waals surface area contributed by atoms with Gasteiger partial charge >= 0.3 is 6.03 Å². The molecule has 0 spiro atoms. The summed E-state index contributed by atoms with van der Waals surface area (Å²) >= 11 is 0. The van der Waals surface area contributed by atoms with Crippen molar-refractivity contribution in [3.63, 3.8) is 0 Å². The molecule has 1 aromatic carbocycles. The molecule has 1 aliphatic heterocycles. The molecular formula is C17H21N3O4. The van der Waals surface area contributed by atoms with Gasteiger partial charge in [-0.05, 0) is 31.9 Å². The molecule has 0 saturated carbocycles. The van der Waals surface area contributed by atoms with Crippen LogP contribution in [0.4, 0.5) is 10.5 Å². The van der Waals surface area contributed by atoms with Gasteiger partial charge in [0.2, 0.25) is 0 Å². The number of benzene rings is 1. The van der Waals surface area contributed by atoms with E-state index < -0.39 is 0 Å². The van der Waals surface area contributed by atoms with Crippen LogP contribution in [-0.2, 0) is 11.3 Å². The van der Waals surface area contributed by atoms with Crippen molar-refractivity contribution in [2.24, 2.45) is 0 Å². The van der Waals surface area contributed by atoms with Gasteiger partial charge in [0.15, 0.2) is 0 Å². The lowest BCUT2D eigenvalue weighted by Crippen LogP contribution is -2.28. The summed E-state index contributed by atoms with van der Waals surface area (Å²) < 4.78 is 16.2. The normalized spacial score (nSPS) is 16.8. The zero-order chi connectivity index (χ0) is 16.8. The number of aromatic nitrogens is 1. The molecule has 1 atom stereocenters. The molecule has 1 aromatic heterocycles. The van der Waals surface area contributed by atoms with Crippen molar-refractivity contribution in [3.05, 3.63) is 41.8 Å². The third-order valence-electron chi connectivity index (χ3n) is 3.66. The second-order valence-electron chi connectivity index (χ2n) is 5.71. The molecule has 0 radical (unpaired) electrons. The van der Waals surface area contributed by atoms with Crippen LogP contribution in [-0.4, -0.2) is 30.5 Å². The van der Waals surface area contributed by atoms with E-state index in [1.54, 1.807) is 25.1 Å². The first-order chi connectivity index (χ1) is 11.7. The lowest BCUT2D eigenvalue weighted by Gasteiger charge is -2.12. The predicted octanol–water partition coefficient (Wildman–Crippen LogP) is 2.86. The number of ether oxygens (including phenoxy) is 2. The number of aryl methyl sites for hydroxylation is 1. The predicted molar refractivity (Wildman–Crippen MR) is 88.0 cm³/mol. The van der Waals surface area contributed by atoms with E-state index in [0.29, 0.717) is 36.0 Å². The van der Waals surface area contributed by atoms with Gasteiger partial charge < -0.3 is 24.6 Å². The summed E-state index contributed by atoms with van der Waals surface area (Å²) in [4.78, 5) is 11.9. The van der Waals surface area contributed by atoms with E-state index in [1.165, 1.54) is 0 Å². The summed E-state index contributed by atoms with van der Waals surface area (Å²) in [5.41, 5.74) is 1.34. The van der Waals surface area contributed by atoms with Crippen LogP contribution in [0.2, 0.25) is 0 Å². The Labute approximate surface area is 140 Å². The number of urea groups is 1. The standard InChI is InChI=1S/C17H21N3O4/c1-12-8-14(20-24-12)10-18-17(21)19-13-4-2-5-15(9-13)23-11-16-6-3-7-22-16/h2,4-5,8-9,16H,3,6-7,10-11H2,1H3,(H2,18,19,21). The van der Waals surface area contributed by atoms with Crippen LogP contribution < -0.4 is 15.4 Å². The first-order valence-electron chi connectivity index (χ1n) is 8.00. The number of hydrogen-bond donors (Lipinski definition) is 2. The second kappa shape index (κ2) is 7.83. The fourth-order valence-corrected chi connectivity index (χ4v) is 2.48. The van der Waals surface area contributed by atoms with Crippen molar-refractivity contribution < 1.29 is 18.8 Å². The van der Waals surface area contributed by atoms with Crippen molar-refractivity contribution in [2.45, 2.75) is 32.4 Å². The van der Waals surface area contributed by atoms with Crippen LogP contribution in [0.1, 0.15) is 24.3 Å².